The summed E-state index contributed by atoms with van der Waals surface area (Å²) in [7, 11) is 0. The monoisotopic (exact) mass is 325 g/mol. The Kier molecular flexibility index (Phi) is 6.49. The number of aromatic nitrogens is 1. The van der Waals surface area contributed by atoms with Crippen LogP contribution in [-0.2, 0) is 6.42 Å². The number of benzene rings is 1. The van der Waals surface area contributed by atoms with Crippen LogP contribution in [0.2, 0.25) is 0 Å². The molecule has 24 heavy (non-hydrogen) atoms. The van der Waals surface area contributed by atoms with Gasteiger partial charge in [-0.3, -0.25) is 14.6 Å². The average molecular weight is 325 g/mol. The molecule has 0 atom stereocenters. The van der Waals surface area contributed by atoms with Crippen molar-refractivity contribution in [2.75, 3.05) is 13.1 Å². The largest absolute Gasteiger partial charge is 0.352 e. The van der Waals surface area contributed by atoms with Gasteiger partial charge in [-0.05, 0) is 30.0 Å². The Morgan fingerprint density at radius 3 is 2.50 bits per heavy atom. The van der Waals surface area contributed by atoms with E-state index in [0.29, 0.717) is 24.6 Å². The predicted octanol–water partition coefficient (Wildman–Crippen LogP) is 2.44. The van der Waals surface area contributed by atoms with E-state index in [1.165, 1.54) is 17.8 Å². The highest BCUT2D eigenvalue weighted by atomic mass is 16.2. The van der Waals surface area contributed by atoms with Crippen molar-refractivity contribution in [1.29, 1.82) is 0 Å². The number of hydrogen-bond donors (Lipinski definition) is 2. The summed E-state index contributed by atoms with van der Waals surface area (Å²) in [6.07, 6.45) is 2.25. The topological polar surface area (TPSA) is 71.1 Å². The number of carbonyl (C=O) groups is 2. The minimum atomic E-state index is -0.261. The third kappa shape index (κ3) is 5.50. The average Bonchev–Trinajstić information content (AvgIpc) is 2.60. The van der Waals surface area contributed by atoms with E-state index in [0.717, 1.165) is 6.42 Å². The standard InChI is InChI=1S/C19H23N3O2/c1-14(2)13-22-19(24)17-12-16(9-11-20-17)18(23)21-10-8-15-6-4-3-5-7-15/h3-7,9,11-12,14H,8,10,13H2,1-2H3,(H,21,23)(H,22,24). The van der Waals surface area contributed by atoms with Gasteiger partial charge in [0.15, 0.2) is 0 Å². The van der Waals surface area contributed by atoms with Gasteiger partial charge in [-0.1, -0.05) is 44.2 Å². The lowest BCUT2D eigenvalue weighted by Crippen LogP contribution is -2.29. The molecule has 1 aromatic carbocycles. The number of amides is 2. The minimum absolute atomic E-state index is 0.203. The summed E-state index contributed by atoms with van der Waals surface area (Å²) < 4.78 is 0. The van der Waals surface area contributed by atoms with Gasteiger partial charge in [0, 0.05) is 24.8 Å². The van der Waals surface area contributed by atoms with Gasteiger partial charge >= 0.3 is 0 Å². The summed E-state index contributed by atoms with van der Waals surface area (Å²) in [6.45, 7) is 5.16. The summed E-state index contributed by atoms with van der Waals surface area (Å²) in [5, 5.41) is 5.66. The van der Waals surface area contributed by atoms with Crippen molar-refractivity contribution in [2.45, 2.75) is 20.3 Å². The summed E-state index contributed by atoms with van der Waals surface area (Å²) in [6, 6.07) is 13.1. The van der Waals surface area contributed by atoms with Crippen LogP contribution >= 0.6 is 0 Å². The molecule has 2 N–H and O–H groups in total. The Balaban J connectivity index is 1.90. The van der Waals surface area contributed by atoms with E-state index < -0.39 is 0 Å². The van der Waals surface area contributed by atoms with Crippen LogP contribution < -0.4 is 10.6 Å². The molecule has 0 unspecified atom stereocenters. The van der Waals surface area contributed by atoms with Gasteiger partial charge in [0.05, 0.1) is 0 Å². The molecule has 126 valence electrons. The van der Waals surface area contributed by atoms with Gasteiger partial charge in [0.2, 0.25) is 0 Å². The first-order valence-corrected chi connectivity index (χ1v) is 8.12. The van der Waals surface area contributed by atoms with Gasteiger partial charge in [-0.25, -0.2) is 0 Å². The Morgan fingerprint density at radius 2 is 1.79 bits per heavy atom. The second kappa shape index (κ2) is 8.82. The molecule has 0 aliphatic heterocycles. The fourth-order valence-electron chi connectivity index (χ4n) is 2.15. The van der Waals surface area contributed by atoms with Gasteiger partial charge in [0.25, 0.3) is 11.8 Å². The SMILES string of the molecule is CC(C)CNC(=O)c1cc(C(=O)NCCc2ccccc2)ccn1. The fraction of sp³-hybridized carbons (Fsp3) is 0.316. The lowest BCUT2D eigenvalue weighted by Gasteiger charge is -2.09. The van der Waals surface area contributed by atoms with E-state index >= 15 is 0 Å². The van der Waals surface area contributed by atoms with Crippen LogP contribution in [0.1, 0.15) is 40.3 Å². The maximum Gasteiger partial charge on any atom is 0.269 e. The normalized spacial score (nSPS) is 10.5. The Labute approximate surface area is 142 Å². The van der Waals surface area contributed by atoms with Crippen LogP contribution in [0.4, 0.5) is 0 Å². The Morgan fingerprint density at radius 1 is 1.04 bits per heavy atom. The molecule has 1 aromatic heterocycles. The first kappa shape index (κ1) is 17.7. The Bertz CT molecular complexity index is 684. The molecule has 0 radical (unpaired) electrons. The van der Waals surface area contributed by atoms with Gasteiger partial charge in [-0.2, -0.15) is 0 Å². The third-order valence-electron chi connectivity index (χ3n) is 3.47. The van der Waals surface area contributed by atoms with Gasteiger partial charge in [0.1, 0.15) is 5.69 Å². The summed E-state index contributed by atoms with van der Waals surface area (Å²) >= 11 is 0. The number of carbonyl (C=O) groups excluding carboxylic acids is 2. The zero-order valence-corrected chi connectivity index (χ0v) is 14.1. The maximum atomic E-state index is 12.2. The third-order valence-corrected chi connectivity index (χ3v) is 3.47. The molecule has 2 aromatic rings. The van der Waals surface area contributed by atoms with E-state index in [2.05, 4.69) is 15.6 Å². The second-order valence-electron chi connectivity index (χ2n) is 6.03. The summed E-state index contributed by atoms with van der Waals surface area (Å²) in [5.74, 6) is -0.104. The van der Waals surface area contributed by atoms with E-state index in [4.69, 9.17) is 0 Å². The first-order valence-electron chi connectivity index (χ1n) is 8.12. The summed E-state index contributed by atoms with van der Waals surface area (Å²) in [5.41, 5.74) is 1.86. The molecule has 0 saturated heterocycles. The molecular formula is C19H23N3O2. The number of rotatable bonds is 7. The molecule has 0 saturated carbocycles. The van der Waals surface area contributed by atoms with Crippen molar-refractivity contribution in [1.82, 2.24) is 15.6 Å². The Hall–Kier alpha value is -2.69. The molecule has 2 rings (SSSR count). The molecule has 0 aliphatic rings. The van der Waals surface area contributed by atoms with Crippen molar-refractivity contribution < 1.29 is 9.59 Å². The predicted molar refractivity (Wildman–Crippen MR) is 93.9 cm³/mol. The van der Waals surface area contributed by atoms with E-state index in [-0.39, 0.29) is 17.5 Å². The van der Waals surface area contributed by atoms with E-state index in [1.54, 1.807) is 6.07 Å². The molecule has 5 nitrogen and oxygen atoms in total. The molecule has 0 bridgehead atoms. The van der Waals surface area contributed by atoms with Crippen molar-refractivity contribution in [3.05, 3.63) is 65.5 Å². The number of nitrogens with one attached hydrogen (secondary N) is 2. The van der Waals surface area contributed by atoms with E-state index in [9.17, 15) is 9.59 Å². The van der Waals surface area contributed by atoms with Crippen LogP contribution in [0.3, 0.4) is 0 Å². The van der Waals surface area contributed by atoms with Crippen molar-refractivity contribution in [3.63, 3.8) is 0 Å². The van der Waals surface area contributed by atoms with Crippen LogP contribution in [0.25, 0.3) is 0 Å². The first-order chi connectivity index (χ1) is 11.6. The molecule has 1 heterocycles. The smallest absolute Gasteiger partial charge is 0.269 e. The van der Waals surface area contributed by atoms with Crippen LogP contribution in [0.15, 0.2) is 48.7 Å². The van der Waals surface area contributed by atoms with Crippen molar-refractivity contribution >= 4 is 11.8 Å². The zero-order valence-electron chi connectivity index (χ0n) is 14.1. The highest BCUT2D eigenvalue weighted by Crippen LogP contribution is 2.03. The summed E-state index contributed by atoms with van der Waals surface area (Å²) in [4.78, 5) is 28.3. The molecule has 2 amide bonds. The lowest BCUT2D eigenvalue weighted by atomic mass is 10.1. The van der Waals surface area contributed by atoms with Crippen LogP contribution in [0, 0.1) is 5.92 Å². The number of hydrogen-bond acceptors (Lipinski definition) is 3. The highest BCUT2D eigenvalue weighted by Gasteiger charge is 2.11. The molecule has 0 spiro atoms. The lowest BCUT2D eigenvalue weighted by molar-refractivity contribution is 0.0944. The maximum absolute atomic E-state index is 12.2. The molecule has 0 fully saturated rings. The fourth-order valence-corrected chi connectivity index (χ4v) is 2.15. The number of pyridine rings is 1. The number of nitrogens with zero attached hydrogens (tertiary/aromatic N) is 1. The van der Waals surface area contributed by atoms with Gasteiger partial charge in [-0.15, -0.1) is 0 Å². The highest BCUT2D eigenvalue weighted by molar-refractivity contribution is 5.98. The van der Waals surface area contributed by atoms with Crippen molar-refractivity contribution in [3.8, 4) is 0 Å². The molecule has 5 heteroatoms. The zero-order chi connectivity index (χ0) is 17.4. The minimum Gasteiger partial charge on any atom is -0.352 e. The van der Waals surface area contributed by atoms with Crippen LogP contribution in [0.5, 0.6) is 0 Å². The van der Waals surface area contributed by atoms with Crippen molar-refractivity contribution in [2.24, 2.45) is 5.92 Å². The second-order valence-corrected chi connectivity index (χ2v) is 6.03. The quantitative estimate of drug-likeness (QED) is 0.821. The van der Waals surface area contributed by atoms with Crippen LogP contribution in [-0.4, -0.2) is 29.9 Å². The van der Waals surface area contributed by atoms with E-state index in [1.807, 2.05) is 44.2 Å². The van der Waals surface area contributed by atoms with Gasteiger partial charge < -0.3 is 10.6 Å². The molecular weight excluding hydrogens is 302 g/mol. The molecule has 0 aliphatic carbocycles.